The number of carbonyl (C=O) groups is 1. The van der Waals surface area contributed by atoms with Crippen molar-refractivity contribution in [2.24, 2.45) is 5.92 Å². The quantitative estimate of drug-likeness (QED) is 0.674. The Hall–Kier alpha value is -2.21. The Morgan fingerprint density at radius 2 is 1.48 bits per heavy atom. The number of carbonyl (C=O) groups excluding carboxylic acids is 1. The first-order valence-corrected chi connectivity index (χ1v) is 12.8. The van der Waals surface area contributed by atoms with Gasteiger partial charge in [0.05, 0.1) is 24.6 Å². The Kier molecular flexibility index (Phi) is 5.73. The van der Waals surface area contributed by atoms with Crippen LogP contribution in [-0.2, 0) is 26.5 Å². The Morgan fingerprint density at radius 1 is 0.818 bits per heavy atom. The topological polar surface area (TPSA) is 42.0 Å². The molecule has 5 nitrogen and oxygen atoms in total. The molecule has 1 spiro atoms. The Labute approximate surface area is 196 Å². The number of para-hydroxylation sites is 1. The lowest BCUT2D eigenvalue weighted by Crippen LogP contribution is -2.48. The van der Waals surface area contributed by atoms with Gasteiger partial charge in [-0.15, -0.1) is 0 Å². The van der Waals surface area contributed by atoms with Crippen molar-refractivity contribution in [3.8, 4) is 0 Å². The number of hydrogen-bond acceptors (Lipinski definition) is 4. The summed E-state index contributed by atoms with van der Waals surface area (Å²) in [4.78, 5) is 18.2. The monoisotopic (exact) mass is 446 g/mol. The Balaban J connectivity index is 1.16. The van der Waals surface area contributed by atoms with Crippen molar-refractivity contribution in [3.63, 3.8) is 0 Å². The predicted octanol–water partition coefficient (Wildman–Crippen LogP) is 4.85. The second-order valence-electron chi connectivity index (χ2n) is 10.2. The predicted molar refractivity (Wildman–Crippen MR) is 128 cm³/mol. The molecule has 1 saturated carbocycles. The van der Waals surface area contributed by atoms with Crippen LogP contribution in [-0.4, -0.2) is 42.8 Å². The number of rotatable bonds is 4. The van der Waals surface area contributed by atoms with Gasteiger partial charge in [-0.2, -0.15) is 0 Å². The molecule has 1 aliphatic carbocycles. The van der Waals surface area contributed by atoms with E-state index in [0.717, 1.165) is 56.4 Å². The van der Waals surface area contributed by atoms with Gasteiger partial charge in [0.25, 0.3) is 11.7 Å². The molecule has 2 unspecified atom stereocenters. The molecular formula is C28H34N2O3. The lowest BCUT2D eigenvalue weighted by molar-refractivity contribution is -0.191. The van der Waals surface area contributed by atoms with Crippen LogP contribution in [0.25, 0.3) is 0 Å². The molecule has 2 atom stereocenters. The lowest BCUT2D eigenvalue weighted by atomic mass is 9.90. The molecule has 5 heteroatoms. The fourth-order valence-electron chi connectivity index (χ4n) is 6.20. The number of benzene rings is 2. The molecule has 2 saturated heterocycles. The summed E-state index contributed by atoms with van der Waals surface area (Å²) in [7, 11) is 0. The highest BCUT2D eigenvalue weighted by Gasteiger charge is 2.61. The molecule has 174 valence electrons. The van der Waals surface area contributed by atoms with Gasteiger partial charge in [-0.1, -0.05) is 67.8 Å². The average molecular weight is 447 g/mol. The third-order valence-electron chi connectivity index (χ3n) is 8.02. The van der Waals surface area contributed by atoms with Crippen molar-refractivity contribution in [1.82, 2.24) is 4.90 Å². The molecular weight excluding hydrogens is 412 g/mol. The van der Waals surface area contributed by atoms with E-state index in [4.69, 9.17) is 9.47 Å². The van der Waals surface area contributed by atoms with Crippen molar-refractivity contribution in [1.29, 1.82) is 0 Å². The van der Waals surface area contributed by atoms with E-state index in [1.54, 1.807) is 0 Å². The van der Waals surface area contributed by atoms with E-state index in [0.29, 0.717) is 12.6 Å². The van der Waals surface area contributed by atoms with Crippen LogP contribution < -0.4 is 4.90 Å². The van der Waals surface area contributed by atoms with Crippen molar-refractivity contribution in [2.45, 2.75) is 69.4 Å². The SMILES string of the molecule is O=C1N(CN2CCC(Cc3ccccc3)CC2)c2ccccc2C12OC1CCCCCC1O2. The fourth-order valence-corrected chi connectivity index (χ4v) is 6.20. The van der Waals surface area contributed by atoms with Gasteiger partial charge in [-0.25, -0.2) is 0 Å². The zero-order valence-corrected chi connectivity index (χ0v) is 19.3. The number of likely N-dealkylation sites (tertiary alicyclic amines) is 1. The number of hydrogen-bond donors (Lipinski definition) is 0. The van der Waals surface area contributed by atoms with E-state index in [1.807, 2.05) is 29.2 Å². The van der Waals surface area contributed by atoms with Gasteiger partial charge in [0, 0.05) is 18.7 Å². The van der Waals surface area contributed by atoms with Gasteiger partial charge in [-0.05, 0) is 49.7 Å². The summed E-state index contributed by atoms with van der Waals surface area (Å²) in [5.41, 5.74) is 3.27. The number of fused-ring (bicyclic) bond motifs is 3. The standard InChI is InChI=1S/C28H34N2O3/c31-27-28(32-25-13-5-2-6-14-26(25)33-28)23-11-7-8-12-24(23)30(27)20-29-17-15-22(16-18-29)19-21-9-3-1-4-10-21/h1,3-4,7-12,22,25-26H,2,5-6,13-20H2. The van der Waals surface area contributed by atoms with Crippen LogP contribution in [0.15, 0.2) is 54.6 Å². The second-order valence-corrected chi connectivity index (χ2v) is 10.2. The van der Waals surface area contributed by atoms with E-state index in [2.05, 4.69) is 35.2 Å². The summed E-state index contributed by atoms with van der Waals surface area (Å²) < 4.78 is 13.0. The summed E-state index contributed by atoms with van der Waals surface area (Å²) in [5.74, 6) is -0.567. The Morgan fingerprint density at radius 3 is 2.21 bits per heavy atom. The number of ether oxygens (including phenoxy) is 2. The van der Waals surface area contributed by atoms with Crippen LogP contribution >= 0.6 is 0 Å². The molecule has 0 radical (unpaired) electrons. The first-order valence-electron chi connectivity index (χ1n) is 12.8. The summed E-state index contributed by atoms with van der Waals surface area (Å²) >= 11 is 0. The summed E-state index contributed by atoms with van der Waals surface area (Å²) in [6.45, 7) is 2.64. The van der Waals surface area contributed by atoms with Crippen molar-refractivity contribution >= 4 is 11.6 Å². The van der Waals surface area contributed by atoms with Gasteiger partial charge in [0.2, 0.25) is 0 Å². The molecule has 0 bridgehead atoms. The fraction of sp³-hybridized carbons (Fsp3) is 0.536. The number of amides is 1. The number of anilines is 1. The van der Waals surface area contributed by atoms with Crippen LogP contribution in [0.4, 0.5) is 5.69 Å². The Bertz CT molecular complexity index is 972. The highest BCUT2D eigenvalue weighted by atomic mass is 16.8. The molecule has 3 heterocycles. The van der Waals surface area contributed by atoms with Gasteiger partial charge < -0.3 is 9.47 Å². The maximum absolute atomic E-state index is 13.8. The summed E-state index contributed by atoms with van der Waals surface area (Å²) in [5, 5.41) is 0. The average Bonchev–Trinajstić information content (AvgIpc) is 3.22. The molecule has 2 aromatic rings. The van der Waals surface area contributed by atoms with Gasteiger partial charge in [-0.3, -0.25) is 14.6 Å². The minimum Gasteiger partial charge on any atom is -0.332 e. The van der Waals surface area contributed by atoms with Gasteiger partial charge in [0.1, 0.15) is 0 Å². The molecule has 0 N–H and O–H groups in total. The number of piperidine rings is 1. The molecule has 0 aromatic heterocycles. The molecule has 6 rings (SSSR count). The zero-order valence-electron chi connectivity index (χ0n) is 19.3. The zero-order chi connectivity index (χ0) is 22.3. The molecule has 1 amide bonds. The van der Waals surface area contributed by atoms with E-state index < -0.39 is 5.79 Å². The molecule has 2 aromatic carbocycles. The maximum atomic E-state index is 13.8. The van der Waals surface area contributed by atoms with Crippen LogP contribution in [0.5, 0.6) is 0 Å². The van der Waals surface area contributed by atoms with Crippen LogP contribution in [0.1, 0.15) is 56.1 Å². The van der Waals surface area contributed by atoms with Crippen molar-refractivity contribution in [3.05, 3.63) is 65.7 Å². The van der Waals surface area contributed by atoms with E-state index >= 15 is 0 Å². The van der Waals surface area contributed by atoms with E-state index in [1.165, 1.54) is 24.8 Å². The first kappa shape index (κ1) is 21.3. The largest absolute Gasteiger partial charge is 0.332 e. The molecule has 33 heavy (non-hydrogen) atoms. The second kappa shape index (κ2) is 8.86. The van der Waals surface area contributed by atoms with Gasteiger partial charge >= 0.3 is 0 Å². The van der Waals surface area contributed by atoms with Crippen molar-refractivity contribution < 1.29 is 14.3 Å². The summed E-state index contributed by atoms with van der Waals surface area (Å²) in [6.07, 6.45) is 9.03. The molecule has 3 fully saturated rings. The van der Waals surface area contributed by atoms with E-state index in [-0.39, 0.29) is 18.1 Å². The third kappa shape index (κ3) is 3.90. The first-order chi connectivity index (χ1) is 16.2. The van der Waals surface area contributed by atoms with E-state index in [9.17, 15) is 4.79 Å². The smallest absolute Gasteiger partial charge is 0.293 e. The summed E-state index contributed by atoms with van der Waals surface area (Å²) in [6, 6.07) is 18.9. The number of nitrogens with zero attached hydrogens (tertiary/aromatic N) is 2. The minimum atomic E-state index is -1.24. The normalized spacial score (nSPS) is 30.4. The highest BCUT2D eigenvalue weighted by Crippen LogP contribution is 2.50. The van der Waals surface area contributed by atoms with Crippen LogP contribution in [0.3, 0.4) is 0 Å². The van der Waals surface area contributed by atoms with Crippen molar-refractivity contribution in [2.75, 3.05) is 24.7 Å². The minimum absolute atomic E-state index is 0.0261. The third-order valence-corrected chi connectivity index (χ3v) is 8.02. The maximum Gasteiger partial charge on any atom is 0.293 e. The molecule has 4 aliphatic rings. The van der Waals surface area contributed by atoms with Crippen LogP contribution in [0.2, 0.25) is 0 Å². The van der Waals surface area contributed by atoms with Crippen LogP contribution in [0, 0.1) is 5.92 Å². The lowest BCUT2D eigenvalue weighted by Gasteiger charge is -2.35. The molecule has 3 aliphatic heterocycles. The van der Waals surface area contributed by atoms with Gasteiger partial charge in [0.15, 0.2) is 0 Å². The highest BCUT2D eigenvalue weighted by molar-refractivity contribution is 6.06.